The molecule has 1 spiro atoms. The van der Waals surface area contributed by atoms with Crippen molar-refractivity contribution in [3.63, 3.8) is 0 Å². The molecule has 8 nitrogen and oxygen atoms in total. The fraction of sp³-hybridized carbons (Fsp3) is 0.750. The van der Waals surface area contributed by atoms with Crippen molar-refractivity contribution in [3.05, 3.63) is 25.3 Å². The number of halogens is 1. The summed E-state index contributed by atoms with van der Waals surface area (Å²) in [5.74, 6) is -2.27. The molecule has 3 heterocycles. The van der Waals surface area contributed by atoms with E-state index in [1.54, 1.807) is 15.9 Å². The van der Waals surface area contributed by atoms with Crippen molar-refractivity contribution < 1.29 is 29.0 Å². The maximum Gasteiger partial charge on any atom is 0.312 e. The molecule has 0 aromatic heterocycles. The van der Waals surface area contributed by atoms with Gasteiger partial charge in [-0.25, -0.2) is 0 Å². The third-order valence-electron chi connectivity index (χ3n) is 7.88. The molecule has 3 aliphatic heterocycles. The fourth-order valence-corrected chi connectivity index (χ4v) is 7.12. The van der Waals surface area contributed by atoms with Crippen LogP contribution in [0.4, 0.5) is 0 Å². The monoisotopic (exact) mass is 582 g/mol. The van der Waals surface area contributed by atoms with Crippen molar-refractivity contribution in [3.8, 4) is 0 Å². The van der Waals surface area contributed by atoms with Gasteiger partial charge in [0.25, 0.3) is 0 Å². The number of esters is 1. The summed E-state index contributed by atoms with van der Waals surface area (Å²) >= 11 is 3.69. The van der Waals surface area contributed by atoms with E-state index >= 15 is 0 Å². The van der Waals surface area contributed by atoms with Crippen LogP contribution in [-0.4, -0.2) is 87.6 Å². The summed E-state index contributed by atoms with van der Waals surface area (Å²) in [5, 5.41) is 9.10. The number of rotatable bonds is 16. The number of likely N-dealkylation sites (tertiary alicyclic amines) is 1. The molecule has 3 unspecified atom stereocenters. The van der Waals surface area contributed by atoms with Crippen LogP contribution in [-0.2, 0) is 23.9 Å². The number of nitrogens with zero attached hydrogens (tertiary/aromatic N) is 2. The molecular formula is C28H43BrN2O6. The van der Waals surface area contributed by atoms with Crippen LogP contribution in [0.1, 0.15) is 65.2 Å². The second-order valence-corrected chi connectivity index (χ2v) is 11.8. The maximum absolute atomic E-state index is 14.1. The van der Waals surface area contributed by atoms with Gasteiger partial charge in [-0.3, -0.25) is 14.4 Å². The molecule has 0 radical (unpaired) electrons. The van der Waals surface area contributed by atoms with Gasteiger partial charge >= 0.3 is 5.97 Å². The second-order valence-electron chi connectivity index (χ2n) is 10.7. The average Bonchev–Trinajstić information content (AvgIpc) is 3.45. The highest BCUT2D eigenvalue weighted by Crippen LogP contribution is 2.60. The minimum atomic E-state index is -1.07. The number of amides is 2. The van der Waals surface area contributed by atoms with Crippen LogP contribution in [0, 0.1) is 11.8 Å². The number of ether oxygens (including phenoxy) is 2. The Kier molecular flexibility index (Phi) is 10.8. The Morgan fingerprint density at radius 3 is 2.59 bits per heavy atom. The van der Waals surface area contributed by atoms with Crippen molar-refractivity contribution in [1.82, 2.24) is 9.80 Å². The van der Waals surface area contributed by atoms with Crippen LogP contribution in [0.5, 0.6) is 0 Å². The first-order valence-corrected chi connectivity index (χ1v) is 14.6. The van der Waals surface area contributed by atoms with Gasteiger partial charge in [0.05, 0.1) is 24.5 Å². The summed E-state index contributed by atoms with van der Waals surface area (Å²) in [5.41, 5.74) is -1.07. The number of hydrogen-bond donors (Lipinski definition) is 1. The van der Waals surface area contributed by atoms with E-state index in [0.717, 1.165) is 32.1 Å². The summed E-state index contributed by atoms with van der Waals surface area (Å²) in [6.07, 6.45) is 9.06. The largest absolute Gasteiger partial charge is 0.465 e. The molecule has 208 valence electrons. The molecule has 9 heteroatoms. The summed E-state index contributed by atoms with van der Waals surface area (Å²) in [7, 11) is 0. The summed E-state index contributed by atoms with van der Waals surface area (Å²) in [4.78, 5) is 44.6. The van der Waals surface area contributed by atoms with Crippen LogP contribution in [0.25, 0.3) is 0 Å². The second kappa shape index (κ2) is 13.4. The van der Waals surface area contributed by atoms with E-state index in [9.17, 15) is 14.4 Å². The zero-order valence-electron chi connectivity index (χ0n) is 22.3. The van der Waals surface area contributed by atoms with Gasteiger partial charge in [0.15, 0.2) is 0 Å². The lowest BCUT2D eigenvalue weighted by atomic mass is 9.70. The van der Waals surface area contributed by atoms with Crippen molar-refractivity contribution in [1.29, 1.82) is 0 Å². The predicted octanol–water partition coefficient (Wildman–Crippen LogP) is 3.61. The summed E-state index contributed by atoms with van der Waals surface area (Å²) in [6, 6.07) is -0.891. The minimum absolute atomic E-state index is 0.0860. The highest BCUT2D eigenvalue weighted by atomic mass is 79.9. The van der Waals surface area contributed by atoms with E-state index in [0.29, 0.717) is 32.4 Å². The number of fused-ring (bicyclic) bond motifs is 1. The molecule has 2 amide bonds. The van der Waals surface area contributed by atoms with Crippen LogP contribution >= 0.6 is 15.9 Å². The van der Waals surface area contributed by atoms with E-state index in [1.807, 2.05) is 19.9 Å². The first-order valence-electron chi connectivity index (χ1n) is 13.7. The number of carbonyl (C=O) groups is 3. The van der Waals surface area contributed by atoms with Gasteiger partial charge in [-0.05, 0) is 52.4 Å². The molecule has 0 aliphatic carbocycles. The molecule has 37 heavy (non-hydrogen) atoms. The molecule has 3 saturated heterocycles. The molecule has 1 N–H and O–H groups in total. The van der Waals surface area contributed by atoms with Crippen molar-refractivity contribution in [2.45, 2.75) is 93.8 Å². The standard InChI is InChI=1S/C28H43BrN2O6/c1-5-7-8-13-17-36-27(35)21-22-25(33)31(15-11-9-10-12-16-32)24(26(34)30(14-6-2)19(3)4)28(22)18-20(29)23(21)37-28/h5-6,19-24,32H,1-2,7-18H2,3-4H3/t20?,21-,22+,23-,24?,28?/m1/s1. The summed E-state index contributed by atoms with van der Waals surface area (Å²) < 4.78 is 12.2. The molecule has 0 saturated carbocycles. The Hall–Kier alpha value is -1.71. The highest BCUT2D eigenvalue weighted by molar-refractivity contribution is 9.09. The number of allylic oxidation sites excluding steroid dienone is 1. The molecule has 2 bridgehead atoms. The van der Waals surface area contributed by atoms with Gasteiger partial charge in [-0.1, -0.05) is 40.9 Å². The third kappa shape index (κ3) is 5.98. The Bertz CT molecular complexity index is 851. The van der Waals surface area contributed by atoms with Gasteiger partial charge in [0.2, 0.25) is 11.8 Å². The number of aliphatic hydroxyl groups excluding tert-OH is 1. The quantitative estimate of drug-likeness (QED) is 0.129. The Labute approximate surface area is 229 Å². The van der Waals surface area contributed by atoms with E-state index in [2.05, 4.69) is 29.1 Å². The lowest BCUT2D eigenvalue weighted by molar-refractivity contribution is -0.155. The van der Waals surface area contributed by atoms with E-state index < -0.39 is 35.6 Å². The summed E-state index contributed by atoms with van der Waals surface area (Å²) in [6.45, 7) is 12.6. The molecule has 0 aromatic rings. The van der Waals surface area contributed by atoms with Gasteiger partial charge in [0, 0.05) is 30.6 Å². The number of hydrogen-bond acceptors (Lipinski definition) is 6. The molecule has 6 atom stereocenters. The van der Waals surface area contributed by atoms with Crippen LogP contribution in [0.15, 0.2) is 25.3 Å². The number of aliphatic hydroxyl groups is 1. The topological polar surface area (TPSA) is 96.4 Å². The van der Waals surface area contributed by atoms with Gasteiger partial charge in [0.1, 0.15) is 11.6 Å². The minimum Gasteiger partial charge on any atom is -0.465 e. The van der Waals surface area contributed by atoms with Crippen molar-refractivity contribution in [2.24, 2.45) is 11.8 Å². The van der Waals surface area contributed by atoms with Crippen LogP contribution in [0.2, 0.25) is 0 Å². The zero-order chi connectivity index (χ0) is 27.2. The zero-order valence-corrected chi connectivity index (χ0v) is 23.9. The number of alkyl halides is 1. The van der Waals surface area contributed by atoms with E-state index in [1.165, 1.54) is 0 Å². The maximum atomic E-state index is 14.1. The molecule has 3 aliphatic rings. The first kappa shape index (κ1) is 29.8. The fourth-order valence-electron chi connectivity index (χ4n) is 6.18. The number of unbranched alkanes of at least 4 members (excludes halogenated alkanes) is 5. The van der Waals surface area contributed by atoms with Gasteiger partial charge in [-0.15, -0.1) is 13.2 Å². The first-order chi connectivity index (χ1) is 17.7. The average molecular weight is 584 g/mol. The Morgan fingerprint density at radius 1 is 1.22 bits per heavy atom. The Morgan fingerprint density at radius 2 is 1.95 bits per heavy atom. The van der Waals surface area contributed by atoms with Crippen molar-refractivity contribution >= 4 is 33.7 Å². The van der Waals surface area contributed by atoms with E-state index in [-0.39, 0.29) is 35.9 Å². The van der Waals surface area contributed by atoms with E-state index in [4.69, 9.17) is 14.6 Å². The van der Waals surface area contributed by atoms with Crippen LogP contribution in [0.3, 0.4) is 0 Å². The SMILES string of the molecule is C=CCCCCOC(=O)[C@H]1[C@@H]2OC3(CC2Br)C(C(=O)N(CC=C)C(C)C)N(CCCCCCO)C(=O)[C@H]13. The lowest BCUT2D eigenvalue weighted by Gasteiger charge is -2.38. The van der Waals surface area contributed by atoms with Crippen LogP contribution < -0.4 is 0 Å². The van der Waals surface area contributed by atoms with Crippen molar-refractivity contribution in [2.75, 3.05) is 26.3 Å². The van der Waals surface area contributed by atoms with Gasteiger partial charge in [-0.2, -0.15) is 0 Å². The smallest absolute Gasteiger partial charge is 0.312 e. The number of carbonyl (C=O) groups excluding carboxylic acids is 3. The normalized spacial score (nSPS) is 30.0. The Balaban J connectivity index is 1.89. The molecule has 0 aromatic carbocycles. The molecule has 3 rings (SSSR count). The third-order valence-corrected chi connectivity index (χ3v) is 8.73. The molecule has 3 fully saturated rings. The lowest BCUT2D eigenvalue weighted by Crippen LogP contribution is -2.58. The molecular weight excluding hydrogens is 540 g/mol. The predicted molar refractivity (Wildman–Crippen MR) is 145 cm³/mol. The highest BCUT2D eigenvalue weighted by Gasteiger charge is 2.77. The van der Waals surface area contributed by atoms with Gasteiger partial charge < -0.3 is 24.4 Å².